The Morgan fingerprint density at radius 2 is 2.41 bits per heavy atom. The van der Waals surface area contributed by atoms with Gasteiger partial charge in [0, 0.05) is 25.3 Å². The molecule has 0 aromatic carbocycles. The summed E-state index contributed by atoms with van der Waals surface area (Å²) in [6.45, 7) is 10.9. The lowest BCUT2D eigenvalue weighted by Gasteiger charge is -2.23. The number of carbonyl (C=O) groups excluding carboxylic acids is 1. The van der Waals surface area contributed by atoms with Gasteiger partial charge in [0.25, 0.3) is 0 Å². The van der Waals surface area contributed by atoms with Gasteiger partial charge >= 0.3 is 0 Å². The SMILES string of the molecule is C=CCNC(=O)[C@@H](C)N1CC[C@@H](CNc2cccc(C)n2)C1. The van der Waals surface area contributed by atoms with Crippen LogP contribution in [0.25, 0.3) is 0 Å². The number of aryl methyl sites for hydroxylation is 1. The van der Waals surface area contributed by atoms with E-state index >= 15 is 0 Å². The first-order valence-corrected chi connectivity index (χ1v) is 7.90. The van der Waals surface area contributed by atoms with E-state index in [1.54, 1.807) is 6.08 Å². The Hall–Kier alpha value is -1.88. The molecule has 120 valence electrons. The number of likely N-dealkylation sites (tertiary alicyclic amines) is 1. The Bertz CT molecular complexity index is 517. The van der Waals surface area contributed by atoms with E-state index in [2.05, 4.69) is 27.1 Å². The summed E-state index contributed by atoms with van der Waals surface area (Å²) in [6, 6.07) is 5.91. The first-order chi connectivity index (χ1) is 10.6. The fraction of sp³-hybridized carbons (Fsp3) is 0.529. The Morgan fingerprint density at radius 1 is 1.59 bits per heavy atom. The fourth-order valence-electron chi connectivity index (χ4n) is 2.76. The van der Waals surface area contributed by atoms with Crippen LogP contribution in [0.2, 0.25) is 0 Å². The number of anilines is 1. The Kier molecular flexibility index (Phi) is 5.95. The second-order valence-corrected chi connectivity index (χ2v) is 5.90. The van der Waals surface area contributed by atoms with Crippen LogP contribution in [-0.4, -0.2) is 48.0 Å². The quantitative estimate of drug-likeness (QED) is 0.754. The molecular weight excluding hydrogens is 276 g/mol. The molecule has 2 N–H and O–H groups in total. The van der Waals surface area contributed by atoms with Crippen LogP contribution in [0.1, 0.15) is 19.0 Å². The van der Waals surface area contributed by atoms with Crippen LogP contribution in [0.15, 0.2) is 30.9 Å². The van der Waals surface area contributed by atoms with Crippen molar-refractivity contribution in [3.8, 4) is 0 Å². The van der Waals surface area contributed by atoms with Gasteiger partial charge in [-0.05, 0) is 44.9 Å². The molecule has 1 aliphatic heterocycles. The number of pyridine rings is 1. The largest absolute Gasteiger partial charge is 0.370 e. The number of amides is 1. The second kappa shape index (κ2) is 7.94. The highest BCUT2D eigenvalue weighted by atomic mass is 16.2. The molecule has 2 heterocycles. The summed E-state index contributed by atoms with van der Waals surface area (Å²) in [5.74, 6) is 1.56. The Morgan fingerprint density at radius 3 is 3.14 bits per heavy atom. The van der Waals surface area contributed by atoms with Gasteiger partial charge < -0.3 is 10.6 Å². The molecule has 5 heteroatoms. The Labute approximate surface area is 132 Å². The number of carbonyl (C=O) groups is 1. The van der Waals surface area contributed by atoms with E-state index < -0.39 is 0 Å². The molecule has 22 heavy (non-hydrogen) atoms. The van der Waals surface area contributed by atoms with E-state index in [-0.39, 0.29) is 11.9 Å². The monoisotopic (exact) mass is 302 g/mol. The topological polar surface area (TPSA) is 57.3 Å². The van der Waals surface area contributed by atoms with Crippen molar-refractivity contribution in [1.82, 2.24) is 15.2 Å². The minimum absolute atomic E-state index is 0.0776. The average molecular weight is 302 g/mol. The zero-order valence-electron chi connectivity index (χ0n) is 13.5. The van der Waals surface area contributed by atoms with E-state index in [1.807, 2.05) is 32.0 Å². The number of aromatic nitrogens is 1. The van der Waals surface area contributed by atoms with Crippen LogP contribution in [-0.2, 0) is 4.79 Å². The summed E-state index contributed by atoms with van der Waals surface area (Å²) in [5, 5.41) is 6.26. The first kappa shape index (κ1) is 16.5. The molecule has 1 fully saturated rings. The molecule has 1 saturated heterocycles. The minimum Gasteiger partial charge on any atom is -0.370 e. The van der Waals surface area contributed by atoms with Gasteiger partial charge in [-0.1, -0.05) is 12.1 Å². The summed E-state index contributed by atoms with van der Waals surface area (Å²) in [5.41, 5.74) is 1.02. The highest BCUT2D eigenvalue weighted by Crippen LogP contribution is 2.19. The second-order valence-electron chi connectivity index (χ2n) is 5.90. The molecule has 0 spiro atoms. The molecule has 1 amide bonds. The van der Waals surface area contributed by atoms with Crippen LogP contribution in [0.4, 0.5) is 5.82 Å². The summed E-state index contributed by atoms with van der Waals surface area (Å²) >= 11 is 0. The smallest absolute Gasteiger partial charge is 0.237 e. The van der Waals surface area contributed by atoms with E-state index in [1.165, 1.54) is 0 Å². The van der Waals surface area contributed by atoms with E-state index in [0.29, 0.717) is 12.5 Å². The predicted molar refractivity (Wildman–Crippen MR) is 89.8 cm³/mol. The van der Waals surface area contributed by atoms with Gasteiger partial charge in [0.05, 0.1) is 6.04 Å². The third kappa shape index (κ3) is 4.56. The number of rotatable bonds is 7. The van der Waals surface area contributed by atoms with Gasteiger partial charge in [-0.2, -0.15) is 0 Å². The number of hydrogen-bond donors (Lipinski definition) is 2. The molecule has 0 bridgehead atoms. The molecule has 0 aliphatic carbocycles. The van der Waals surface area contributed by atoms with Crippen molar-refractivity contribution in [2.45, 2.75) is 26.3 Å². The molecule has 0 saturated carbocycles. The third-order valence-corrected chi connectivity index (χ3v) is 4.13. The third-order valence-electron chi connectivity index (χ3n) is 4.13. The van der Waals surface area contributed by atoms with Crippen LogP contribution in [0, 0.1) is 12.8 Å². The lowest BCUT2D eigenvalue weighted by molar-refractivity contribution is -0.125. The molecule has 1 aliphatic rings. The molecule has 5 nitrogen and oxygen atoms in total. The summed E-state index contributed by atoms with van der Waals surface area (Å²) in [7, 11) is 0. The predicted octanol–water partition coefficient (Wildman–Crippen LogP) is 1.81. The lowest BCUT2D eigenvalue weighted by atomic mass is 10.1. The highest BCUT2D eigenvalue weighted by Gasteiger charge is 2.29. The number of hydrogen-bond acceptors (Lipinski definition) is 4. The summed E-state index contributed by atoms with van der Waals surface area (Å²) in [4.78, 5) is 18.7. The van der Waals surface area contributed by atoms with Gasteiger partial charge in [-0.25, -0.2) is 4.98 Å². The summed E-state index contributed by atoms with van der Waals surface area (Å²) in [6.07, 6.45) is 2.81. The standard InChI is InChI=1S/C17H26N4O/c1-4-9-18-17(22)14(3)21-10-8-15(12-21)11-19-16-7-5-6-13(2)20-16/h4-7,14-15H,1,8-12H2,2-3H3,(H,18,22)(H,19,20)/t14-,15+/m1/s1. The fourth-order valence-corrected chi connectivity index (χ4v) is 2.76. The van der Waals surface area contributed by atoms with Crippen LogP contribution >= 0.6 is 0 Å². The van der Waals surface area contributed by atoms with Crippen molar-refractivity contribution >= 4 is 11.7 Å². The number of nitrogens with zero attached hydrogens (tertiary/aromatic N) is 2. The van der Waals surface area contributed by atoms with Crippen molar-refractivity contribution in [3.05, 3.63) is 36.5 Å². The normalized spacial score (nSPS) is 19.6. The minimum atomic E-state index is -0.0814. The zero-order valence-corrected chi connectivity index (χ0v) is 13.5. The van der Waals surface area contributed by atoms with Crippen LogP contribution in [0.5, 0.6) is 0 Å². The molecule has 0 unspecified atom stereocenters. The van der Waals surface area contributed by atoms with Crippen molar-refractivity contribution in [2.75, 3.05) is 31.5 Å². The maximum absolute atomic E-state index is 12.0. The van der Waals surface area contributed by atoms with Crippen LogP contribution in [0.3, 0.4) is 0 Å². The molecule has 1 aromatic heterocycles. The van der Waals surface area contributed by atoms with Crippen LogP contribution < -0.4 is 10.6 Å². The summed E-state index contributed by atoms with van der Waals surface area (Å²) < 4.78 is 0. The van der Waals surface area contributed by atoms with Crippen molar-refractivity contribution < 1.29 is 4.79 Å². The van der Waals surface area contributed by atoms with Gasteiger partial charge in [0.15, 0.2) is 0 Å². The van der Waals surface area contributed by atoms with Crippen molar-refractivity contribution in [3.63, 3.8) is 0 Å². The Balaban J connectivity index is 1.77. The van der Waals surface area contributed by atoms with Gasteiger partial charge in [-0.15, -0.1) is 6.58 Å². The number of nitrogens with one attached hydrogen (secondary N) is 2. The zero-order chi connectivity index (χ0) is 15.9. The van der Waals surface area contributed by atoms with E-state index in [9.17, 15) is 4.79 Å². The highest BCUT2D eigenvalue weighted by molar-refractivity contribution is 5.81. The first-order valence-electron chi connectivity index (χ1n) is 7.90. The maximum atomic E-state index is 12.0. The van der Waals surface area contributed by atoms with Gasteiger partial charge in [0.2, 0.25) is 5.91 Å². The van der Waals surface area contributed by atoms with Gasteiger partial charge in [0.1, 0.15) is 5.82 Å². The van der Waals surface area contributed by atoms with E-state index in [4.69, 9.17) is 0 Å². The average Bonchev–Trinajstić information content (AvgIpc) is 2.99. The molecular formula is C17H26N4O. The van der Waals surface area contributed by atoms with E-state index in [0.717, 1.165) is 37.6 Å². The maximum Gasteiger partial charge on any atom is 0.237 e. The molecule has 0 radical (unpaired) electrons. The van der Waals surface area contributed by atoms with Crippen molar-refractivity contribution in [2.24, 2.45) is 5.92 Å². The molecule has 2 atom stereocenters. The van der Waals surface area contributed by atoms with Crippen molar-refractivity contribution in [1.29, 1.82) is 0 Å². The van der Waals surface area contributed by atoms with Gasteiger partial charge in [-0.3, -0.25) is 9.69 Å². The molecule has 1 aromatic rings. The lowest BCUT2D eigenvalue weighted by Crippen LogP contribution is -2.44. The molecule has 2 rings (SSSR count).